The van der Waals surface area contributed by atoms with Crippen molar-refractivity contribution >= 4 is 50.4 Å². The van der Waals surface area contributed by atoms with E-state index < -0.39 is 0 Å². The van der Waals surface area contributed by atoms with Crippen LogP contribution in [-0.2, 0) is 0 Å². The van der Waals surface area contributed by atoms with Crippen molar-refractivity contribution in [1.29, 1.82) is 0 Å². The highest BCUT2D eigenvalue weighted by molar-refractivity contribution is 7.17. The molecule has 3 N–H and O–H groups in total. The van der Waals surface area contributed by atoms with Crippen LogP contribution in [0.2, 0.25) is 0 Å². The summed E-state index contributed by atoms with van der Waals surface area (Å²) in [5.74, 6) is 0.0609. The molecule has 0 atom stereocenters. The largest absolute Gasteiger partial charge is 0.352 e. The van der Waals surface area contributed by atoms with Crippen molar-refractivity contribution in [1.82, 2.24) is 10.3 Å². The molecule has 6 nitrogen and oxygen atoms in total. The SMILES string of the molecule is CCCCCCCCCCCCNC(=O)c1cnc(Nc2ccccc2C)c(NC(=O)c2csc3ccccc23)c1. The van der Waals surface area contributed by atoms with Gasteiger partial charge in [0.1, 0.15) is 0 Å². The normalized spacial score (nSPS) is 11.0. The van der Waals surface area contributed by atoms with Gasteiger partial charge < -0.3 is 16.0 Å². The zero-order valence-corrected chi connectivity index (χ0v) is 25.1. The number of aromatic nitrogens is 1. The van der Waals surface area contributed by atoms with E-state index in [0.717, 1.165) is 34.2 Å². The molecule has 2 heterocycles. The number of nitrogens with zero attached hydrogens (tertiary/aromatic N) is 1. The third kappa shape index (κ3) is 8.89. The van der Waals surface area contributed by atoms with Crippen LogP contribution in [0.3, 0.4) is 0 Å². The van der Waals surface area contributed by atoms with Gasteiger partial charge in [0.25, 0.3) is 11.8 Å². The quantitative estimate of drug-likeness (QED) is 0.117. The van der Waals surface area contributed by atoms with Crippen molar-refractivity contribution in [3.05, 3.63) is 82.9 Å². The molecule has 2 aromatic heterocycles. The first-order chi connectivity index (χ1) is 20.1. The molecule has 4 rings (SSSR count). The maximum absolute atomic E-state index is 13.4. The van der Waals surface area contributed by atoms with E-state index in [1.54, 1.807) is 12.3 Å². The Morgan fingerprint density at radius 3 is 2.24 bits per heavy atom. The van der Waals surface area contributed by atoms with Crippen LogP contribution in [-0.4, -0.2) is 23.3 Å². The molecule has 0 saturated heterocycles. The maximum Gasteiger partial charge on any atom is 0.257 e. The zero-order chi connectivity index (χ0) is 28.9. The van der Waals surface area contributed by atoms with Crippen molar-refractivity contribution < 1.29 is 9.59 Å². The van der Waals surface area contributed by atoms with E-state index in [4.69, 9.17) is 0 Å². The Bertz CT molecular complexity index is 1430. The van der Waals surface area contributed by atoms with Gasteiger partial charge in [-0.1, -0.05) is 101 Å². The van der Waals surface area contributed by atoms with Crippen LogP contribution in [0.5, 0.6) is 0 Å². The zero-order valence-electron chi connectivity index (χ0n) is 24.3. The van der Waals surface area contributed by atoms with Crippen LogP contribution in [0.25, 0.3) is 10.1 Å². The van der Waals surface area contributed by atoms with Crippen LogP contribution >= 0.6 is 11.3 Å². The maximum atomic E-state index is 13.4. The monoisotopic (exact) mass is 570 g/mol. The van der Waals surface area contributed by atoms with E-state index in [1.807, 2.05) is 60.8 Å². The van der Waals surface area contributed by atoms with E-state index in [2.05, 4.69) is 27.9 Å². The number of amides is 2. The fourth-order valence-corrected chi connectivity index (χ4v) is 5.83. The van der Waals surface area contributed by atoms with Gasteiger partial charge in [0.15, 0.2) is 5.82 Å². The van der Waals surface area contributed by atoms with Crippen molar-refractivity contribution in [3.63, 3.8) is 0 Å². The summed E-state index contributed by atoms with van der Waals surface area (Å²) in [4.78, 5) is 30.9. The van der Waals surface area contributed by atoms with Crippen molar-refractivity contribution in [2.45, 2.75) is 78.1 Å². The number of hydrogen-bond acceptors (Lipinski definition) is 5. The summed E-state index contributed by atoms with van der Waals surface area (Å²) in [6, 6.07) is 17.4. The number of nitrogens with one attached hydrogen (secondary N) is 3. The van der Waals surface area contributed by atoms with E-state index in [-0.39, 0.29) is 11.8 Å². The van der Waals surface area contributed by atoms with Gasteiger partial charge in [-0.05, 0) is 37.1 Å². The van der Waals surface area contributed by atoms with Crippen LogP contribution < -0.4 is 16.0 Å². The third-order valence-electron chi connectivity index (χ3n) is 7.34. The standard InChI is InChI=1S/C34H42N4O2S/c1-3-4-5-6-7-8-9-10-11-16-21-35-33(39)26-22-30(32(36-23-26)37-29-19-14-12-17-25(29)2)38-34(40)28-24-41-31-20-15-13-18-27(28)31/h12-15,17-20,22-24H,3-11,16,21H2,1-2H3,(H,35,39)(H,36,37)(H,38,40). The summed E-state index contributed by atoms with van der Waals surface area (Å²) in [7, 11) is 0. The number of unbranched alkanes of at least 4 members (excludes halogenated alkanes) is 9. The fourth-order valence-electron chi connectivity index (χ4n) is 4.88. The third-order valence-corrected chi connectivity index (χ3v) is 8.30. The van der Waals surface area contributed by atoms with Gasteiger partial charge in [0.05, 0.1) is 16.8 Å². The Labute approximate surface area is 248 Å². The van der Waals surface area contributed by atoms with Crippen LogP contribution in [0.1, 0.15) is 97.4 Å². The van der Waals surface area contributed by atoms with Crippen LogP contribution in [0, 0.1) is 6.92 Å². The van der Waals surface area contributed by atoms with Crippen molar-refractivity contribution in [3.8, 4) is 0 Å². The molecule has 0 radical (unpaired) electrons. The molecular formula is C34H42N4O2S. The highest BCUT2D eigenvalue weighted by Crippen LogP contribution is 2.29. The van der Waals surface area contributed by atoms with E-state index in [0.29, 0.717) is 29.2 Å². The number of benzene rings is 2. The first kappa shape index (κ1) is 30.3. The van der Waals surface area contributed by atoms with E-state index in [1.165, 1.54) is 62.7 Å². The fraction of sp³-hybridized carbons (Fsp3) is 0.382. The number of para-hydroxylation sites is 1. The molecule has 0 aliphatic carbocycles. The summed E-state index contributed by atoms with van der Waals surface area (Å²) in [5.41, 5.74) is 3.41. The summed E-state index contributed by atoms with van der Waals surface area (Å²) >= 11 is 1.53. The van der Waals surface area contributed by atoms with Gasteiger partial charge in [0, 0.05) is 33.9 Å². The number of aryl methyl sites for hydroxylation is 1. The minimum atomic E-state index is -0.236. The molecular weight excluding hydrogens is 528 g/mol. The van der Waals surface area contributed by atoms with Crippen LogP contribution in [0.15, 0.2) is 66.2 Å². The number of carbonyl (C=O) groups excluding carboxylic acids is 2. The van der Waals surface area contributed by atoms with Crippen LogP contribution in [0.4, 0.5) is 17.2 Å². The predicted octanol–water partition coefficient (Wildman–Crippen LogP) is 9.25. The summed E-state index contributed by atoms with van der Waals surface area (Å²) < 4.78 is 1.05. The first-order valence-corrected chi connectivity index (χ1v) is 15.8. The lowest BCUT2D eigenvalue weighted by Crippen LogP contribution is -2.25. The molecule has 0 fully saturated rings. The Morgan fingerprint density at radius 2 is 1.49 bits per heavy atom. The molecule has 216 valence electrons. The number of anilines is 3. The van der Waals surface area contributed by atoms with Gasteiger partial charge in [0.2, 0.25) is 0 Å². The van der Waals surface area contributed by atoms with Gasteiger partial charge in [-0.15, -0.1) is 11.3 Å². The molecule has 2 amide bonds. The Hall–Kier alpha value is -3.71. The molecule has 7 heteroatoms. The average molecular weight is 571 g/mol. The number of fused-ring (bicyclic) bond motifs is 1. The number of thiophene rings is 1. The summed E-state index contributed by atoms with van der Waals surface area (Å²) in [6.07, 6.45) is 14.1. The topological polar surface area (TPSA) is 83.1 Å². The summed E-state index contributed by atoms with van der Waals surface area (Å²) in [5, 5.41) is 12.1. The van der Waals surface area contributed by atoms with Gasteiger partial charge in [-0.25, -0.2) is 4.98 Å². The van der Waals surface area contributed by atoms with E-state index in [9.17, 15) is 9.59 Å². The second-order valence-electron chi connectivity index (χ2n) is 10.6. The minimum Gasteiger partial charge on any atom is -0.352 e. The molecule has 0 spiro atoms. The molecule has 0 unspecified atom stereocenters. The van der Waals surface area contributed by atoms with Crippen molar-refractivity contribution in [2.24, 2.45) is 0 Å². The van der Waals surface area contributed by atoms with Gasteiger partial charge in [-0.3, -0.25) is 9.59 Å². The average Bonchev–Trinajstić information content (AvgIpc) is 3.42. The first-order valence-electron chi connectivity index (χ1n) is 14.9. The lowest BCUT2D eigenvalue weighted by Gasteiger charge is -2.15. The lowest BCUT2D eigenvalue weighted by atomic mass is 10.1. The van der Waals surface area contributed by atoms with E-state index >= 15 is 0 Å². The van der Waals surface area contributed by atoms with Crippen molar-refractivity contribution in [2.75, 3.05) is 17.2 Å². The Balaban J connectivity index is 1.37. The second-order valence-corrected chi connectivity index (χ2v) is 11.5. The molecule has 4 aromatic rings. The highest BCUT2D eigenvalue weighted by Gasteiger charge is 2.17. The highest BCUT2D eigenvalue weighted by atomic mass is 32.1. The predicted molar refractivity (Wildman–Crippen MR) is 173 cm³/mol. The second kappa shape index (κ2) is 15.9. The molecule has 0 aliphatic heterocycles. The molecule has 41 heavy (non-hydrogen) atoms. The summed E-state index contributed by atoms with van der Waals surface area (Å²) in [6.45, 7) is 4.88. The number of rotatable bonds is 16. The number of carbonyl (C=O) groups is 2. The lowest BCUT2D eigenvalue weighted by molar-refractivity contribution is 0.0951. The number of hydrogen-bond donors (Lipinski definition) is 3. The Kier molecular flexibility index (Phi) is 11.7. The minimum absolute atomic E-state index is 0.188. The molecule has 0 bridgehead atoms. The molecule has 0 aliphatic rings. The van der Waals surface area contributed by atoms with Gasteiger partial charge >= 0.3 is 0 Å². The molecule has 0 saturated carbocycles. The molecule has 2 aromatic carbocycles. The number of pyridine rings is 1. The van der Waals surface area contributed by atoms with Gasteiger partial charge in [-0.2, -0.15) is 0 Å². The smallest absolute Gasteiger partial charge is 0.257 e. The Morgan fingerprint density at radius 1 is 0.805 bits per heavy atom.